The average Bonchev–Trinajstić information content (AvgIpc) is 3.33. The highest BCUT2D eigenvalue weighted by Gasteiger charge is 2.20. The first-order valence-electron chi connectivity index (χ1n) is 10.7. The Bertz CT molecular complexity index is 1190. The van der Waals surface area contributed by atoms with Crippen LogP contribution in [0.15, 0.2) is 36.8 Å². The standard InChI is InChI=1S/C23H29N7O/c1-6-10-31-23-18(8-7-9-24-23)19-11-20(25-12-17-13-26-29(5)14-17)22-21(15(2)3)27-16(4)30(22)28-19/h7-9,11,13-15,25H,6,10,12H2,1-5H3. The minimum Gasteiger partial charge on any atom is -0.477 e. The summed E-state index contributed by atoms with van der Waals surface area (Å²) in [5, 5.41) is 12.8. The average molecular weight is 420 g/mol. The maximum atomic E-state index is 5.89. The quantitative estimate of drug-likeness (QED) is 0.457. The van der Waals surface area contributed by atoms with Crippen molar-refractivity contribution in [2.45, 2.75) is 46.6 Å². The molecule has 31 heavy (non-hydrogen) atoms. The molecule has 8 heteroatoms. The third-order valence-corrected chi connectivity index (χ3v) is 5.07. The minimum absolute atomic E-state index is 0.275. The molecule has 0 aliphatic rings. The molecule has 4 rings (SSSR count). The summed E-state index contributed by atoms with van der Waals surface area (Å²) in [6, 6.07) is 5.96. The van der Waals surface area contributed by atoms with Gasteiger partial charge in [-0.15, -0.1) is 0 Å². The molecular weight excluding hydrogens is 390 g/mol. The number of fused-ring (bicyclic) bond motifs is 1. The van der Waals surface area contributed by atoms with Crippen molar-refractivity contribution in [3.63, 3.8) is 0 Å². The van der Waals surface area contributed by atoms with Gasteiger partial charge in [0.15, 0.2) is 0 Å². The number of nitrogens with one attached hydrogen (secondary N) is 1. The first-order chi connectivity index (χ1) is 15.0. The maximum Gasteiger partial charge on any atom is 0.222 e. The van der Waals surface area contributed by atoms with Gasteiger partial charge in [-0.2, -0.15) is 10.2 Å². The van der Waals surface area contributed by atoms with Crippen molar-refractivity contribution in [3.8, 4) is 17.1 Å². The van der Waals surface area contributed by atoms with Gasteiger partial charge < -0.3 is 10.1 Å². The van der Waals surface area contributed by atoms with Crippen LogP contribution in [-0.2, 0) is 13.6 Å². The van der Waals surface area contributed by atoms with Crippen molar-refractivity contribution >= 4 is 11.2 Å². The molecule has 4 heterocycles. The van der Waals surface area contributed by atoms with Gasteiger partial charge in [0.05, 0.1) is 35.4 Å². The fourth-order valence-corrected chi connectivity index (χ4v) is 3.59. The Morgan fingerprint density at radius 2 is 2.10 bits per heavy atom. The highest BCUT2D eigenvalue weighted by molar-refractivity contribution is 5.80. The molecule has 0 saturated heterocycles. The molecule has 0 fully saturated rings. The van der Waals surface area contributed by atoms with Gasteiger partial charge in [0.2, 0.25) is 5.88 Å². The molecule has 1 N–H and O–H groups in total. The zero-order valence-corrected chi connectivity index (χ0v) is 18.8. The summed E-state index contributed by atoms with van der Waals surface area (Å²) in [4.78, 5) is 9.25. The number of hydrogen-bond acceptors (Lipinski definition) is 6. The molecule has 0 aliphatic heterocycles. The maximum absolute atomic E-state index is 5.89. The molecular formula is C23H29N7O. The second kappa shape index (κ2) is 8.75. The third-order valence-electron chi connectivity index (χ3n) is 5.07. The van der Waals surface area contributed by atoms with Crippen LogP contribution in [0.1, 0.15) is 50.2 Å². The lowest BCUT2D eigenvalue weighted by molar-refractivity contribution is 0.306. The second-order valence-corrected chi connectivity index (χ2v) is 7.98. The van der Waals surface area contributed by atoms with Gasteiger partial charge in [0.25, 0.3) is 0 Å². The van der Waals surface area contributed by atoms with E-state index in [1.807, 2.05) is 43.0 Å². The molecule has 0 radical (unpaired) electrons. The Labute approximate surface area is 182 Å². The summed E-state index contributed by atoms with van der Waals surface area (Å²) >= 11 is 0. The van der Waals surface area contributed by atoms with Crippen LogP contribution in [0.4, 0.5) is 5.69 Å². The van der Waals surface area contributed by atoms with Gasteiger partial charge in [-0.05, 0) is 37.5 Å². The molecule has 0 saturated carbocycles. The normalized spacial score (nSPS) is 11.4. The molecule has 0 bridgehead atoms. The van der Waals surface area contributed by atoms with E-state index >= 15 is 0 Å². The smallest absolute Gasteiger partial charge is 0.222 e. The molecule has 0 unspecified atom stereocenters. The van der Waals surface area contributed by atoms with E-state index in [4.69, 9.17) is 14.8 Å². The van der Waals surface area contributed by atoms with Crippen molar-refractivity contribution in [2.24, 2.45) is 7.05 Å². The predicted octanol–water partition coefficient (Wildman–Crippen LogP) is 4.36. The SMILES string of the molecule is CCCOc1ncccc1-c1cc(NCc2cnn(C)c2)c2c(C(C)C)nc(C)n2n1. The molecule has 0 amide bonds. The van der Waals surface area contributed by atoms with Crippen LogP contribution in [0.3, 0.4) is 0 Å². The van der Waals surface area contributed by atoms with E-state index < -0.39 is 0 Å². The molecule has 8 nitrogen and oxygen atoms in total. The molecule has 0 atom stereocenters. The highest BCUT2D eigenvalue weighted by Crippen LogP contribution is 2.33. The number of imidazole rings is 1. The number of rotatable bonds is 8. The number of nitrogens with zero attached hydrogens (tertiary/aromatic N) is 6. The summed E-state index contributed by atoms with van der Waals surface area (Å²) in [5.41, 5.74) is 5.76. The summed E-state index contributed by atoms with van der Waals surface area (Å²) in [7, 11) is 1.92. The van der Waals surface area contributed by atoms with E-state index in [0.717, 1.165) is 46.0 Å². The summed E-state index contributed by atoms with van der Waals surface area (Å²) < 4.78 is 9.62. The topological polar surface area (TPSA) is 82.2 Å². The lowest BCUT2D eigenvalue weighted by Gasteiger charge is -2.14. The third kappa shape index (κ3) is 4.23. The van der Waals surface area contributed by atoms with Crippen LogP contribution < -0.4 is 10.1 Å². The monoisotopic (exact) mass is 419 g/mol. The Kier molecular flexibility index (Phi) is 5.88. The fourth-order valence-electron chi connectivity index (χ4n) is 3.59. The van der Waals surface area contributed by atoms with Crippen LogP contribution in [0, 0.1) is 6.92 Å². The van der Waals surface area contributed by atoms with Gasteiger partial charge in [0, 0.05) is 31.5 Å². The Balaban J connectivity index is 1.84. The van der Waals surface area contributed by atoms with Crippen LogP contribution in [0.5, 0.6) is 5.88 Å². The Morgan fingerprint density at radius 3 is 2.81 bits per heavy atom. The van der Waals surface area contributed by atoms with E-state index in [-0.39, 0.29) is 5.92 Å². The zero-order chi connectivity index (χ0) is 22.0. The lowest BCUT2D eigenvalue weighted by Crippen LogP contribution is -2.06. The Morgan fingerprint density at radius 1 is 1.26 bits per heavy atom. The second-order valence-electron chi connectivity index (χ2n) is 7.98. The van der Waals surface area contributed by atoms with Gasteiger partial charge in [-0.25, -0.2) is 14.5 Å². The number of aromatic nitrogens is 6. The van der Waals surface area contributed by atoms with Gasteiger partial charge in [-0.1, -0.05) is 20.8 Å². The largest absolute Gasteiger partial charge is 0.477 e. The van der Waals surface area contributed by atoms with Crippen molar-refractivity contribution in [1.82, 2.24) is 29.4 Å². The van der Waals surface area contributed by atoms with Crippen LogP contribution in [0.2, 0.25) is 0 Å². The van der Waals surface area contributed by atoms with Crippen molar-refractivity contribution in [1.29, 1.82) is 0 Å². The Hall–Kier alpha value is -3.42. The fraction of sp³-hybridized carbons (Fsp3) is 0.391. The van der Waals surface area contributed by atoms with Gasteiger partial charge in [-0.3, -0.25) is 4.68 Å². The molecule has 4 aromatic rings. The summed E-state index contributed by atoms with van der Waals surface area (Å²) in [6.45, 7) is 9.63. The number of pyridine rings is 1. The summed E-state index contributed by atoms with van der Waals surface area (Å²) in [6.07, 6.45) is 6.54. The van der Waals surface area contributed by atoms with Crippen LogP contribution in [0.25, 0.3) is 16.8 Å². The molecule has 0 aliphatic carbocycles. The van der Waals surface area contributed by atoms with Crippen LogP contribution >= 0.6 is 0 Å². The van der Waals surface area contributed by atoms with E-state index in [9.17, 15) is 0 Å². The van der Waals surface area contributed by atoms with Crippen LogP contribution in [-0.4, -0.2) is 36.0 Å². The predicted molar refractivity (Wildman–Crippen MR) is 121 cm³/mol. The van der Waals surface area contributed by atoms with E-state index in [2.05, 4.69) is 42.2 Å². The first kappa shape index (κ1) is 20.8. The number of ether oxygens (including phenoxy) is 1. The number of anilines is 1. The van der Waals surface area contributed by atoms with Crippen molar-refractivity contribution in [3.05, 3.63) is 53.9 Å². The van der Waals surface area contributed by atoms with Crippen molar-refractivity contribution in [2.75, 3.05) is 11.9 Å². The molecule has 0 aromatic carbocycles. The number of hydrogen-bond donors (Lipinski definition) is 1. The van der Waals surface area contributed by atoms with Gasteiger partial charge in [0.1, 0.15) is 11.3 Å². The minimum atomic E-state index is 0.275. The summed E-state index contributed by atoms with van der Waals surface area (Å²) in [5.74, 6) is 1.72. The molecule has 0 spiro atoms. The lowest BCUT2D eigenvalue weighted by atomic mass is 10.1. The highest BCUT2D eigenvalue weighted by atomic mass is 16.5. The number of aryl methyl sites for hydroxylation is 2. The van der Waals surface area contributed by atoms with Crippen molar-refractivity contribution < 1.29 is 4.74 Å². The van der Waals surface area contributed by atoms with E-state index in [1.165, 1.54) is 0 Å². The molecule has 4 aromatic heterocycles. The zero-order valence-electron chi connectivity index (χ0n) is 18.8. The molecule has 162 valence electrons. The van der Waals surface area contributed by atoms with E-state index in [0.29, 0.717) is 19.0 Å². The van der Waals surface area contributed by atoms with Gasteiger partial charge >= 0.3 is 0 Å². The first-order valence-corrected chi connectivity index (χ1v) is 10.7. The van der Waals surface area contributed by atoms with E-state index in [1.54, 1.807) is 10.9 Å².